The van der Waals surface area contributed by atoms with Gasteiger partial charge in [0.25, 0.3) is 0 Å². The highest BCUT2D eigenvalue weighted by Gasteiger charge is 2.14. The van der Waals surface area contributed by atoms with Crippen LogP contribution in [0.2, 0.25) is 0 Å². The van der Waals surface area contributed by atoms with Crippen LogP contribution < -0.4 is 5.32 Å². The molecule has 3 nitrogen and oxygen atoms in total. The number of rotatable bonds is 6. The number of pyridine rings is 1. The molecule has 1 atom stereocenters. The lowest BCUT2D eigenvalue weighted by molar-refractivity contribution is 0.517. The van der Waals surface area contributed by atoms with E-state index < -0.39 is 0 Å². The molecule has 0 aromatic carbocycles. The maximum Gasteiger partial charge on any atom is 0.0947 e. The molecule has 0 aliphatic rings. The summed E-state index contributed by atoms with van der Waals surface area (Å²) in [5.74, 6) is 0. The van der Waals surface area contributed by atoms with Crippen LogP contribution in [0.15, 0.2) is 29.8 Å². The third-order valence-corrected chi connectivity index (χ3v) is 3.72. The van der Waals surface area contributed by atoms with Crippen molar-refractivity contribution in [2.24, 2.45) is 0 Å². The van der Waals surface area contributed by atoms with E-state index in [2.05, 4.69) is 33.7 Å². The lowest BCUT2D eigenvalue weighted by Gasteiger charge is -2.16. The molecular formula is C14H19N3S. The van der Waals surface area contributed by atoms with Crippen molar-refractivity contribution in [1.29, 1.82) is 0 Å². The van der Waals surface area contributed by atoms with Crippen molar-refractivity contribution in [3.05, 3.63) is 46.2 Å². The summed E-state index contributed by atoms with van der Waals surface area (Å²) >= 11 is 1.73. The van der Waals surface area contributed by atoms with Gasteiger partial charge in [-0.25, -0.2) is 4.98 Å². The van der Waals surface area contributed by atoms with Gasteiger partial charge in [0.15, 0.2) is 0 Å². The minimum atomic E-state index is 0.261. The fourth-order valence-corrected chi connectivity index (χ4v) is 2.67. The monoisotopic (exact) mass is 261 g/mol. The number of nitrogens with one attached hydrogen (secondary N) is 1. The van der Waals surface area contributed by atoms with Crippen molar-refractivity contribution in [3.63, 3.8) is 0 Å². The summed E-state index contributed by atoms with van der Waals surface area (Å²) in [5, 5.41) is 6.82. The zero-order chi connectivity index (χ0) is 12.8. The third-order valence-electron chi connectivity index (χ3n) is 2.73. The summed E-state index contributed by atoms with van der Waals surface area (Å²) in [7, 11) is 0. The predicted molar refractivity (Wildman–Crippen MR) is 75.8 cm³/mol. The average Bonchev–Trinajstić information content (AvgIpc) is 2.81. The molecule has 96 valence electrons. The van der Waals surface area contributed by atoms with Gasteiger partial charge in [0.05, 0.1) is 16.7 Å². The van der Waals surface area contributed by atoms with Crippen LogP contribution in [0.5, 0.6) is 0 Å². The van der Waals surface area contributed by atoms with Crippen LogP contribution in [-0.4, -0.2) is 16.5 Å². The molecule has 2 aromatic rings. The number of hydrogen-bond donors (Lipinski definition) is 1. The second-order valence-electron chi connectivity index (χ2n) is 4.35. The molecule has 0 amide bonds. The van der Waals surface area contributed by atoms with E-state index in [1.54, 1.807) is 11.3 Å². The van der Waals surface area contributed by atoms with Crippen LogP contribution in [0, 0.1) is 6.92 Å². The normalized spacial score (nSPS) is 12.6. The van der Waals surface area contributed by atoms with Crippen LogP contribution in [-0.2, 0) is 6.42 Å². The van der Waals surface area contributed by atoms with Gasteiger partial charge in [0, 0.05) is 23.7 Å². The van der Waals surface area contributed by atoms with E-state index in [0.29, 0.717) is 0 Å². The fourth-order valence-electron chi connectivity index (χ4n) is 1.85. The van der Waals surface area contributed by atoms with Crippen molar-refractivity contribution >= 4 is 11.3 Å². The van der Waals surface area contributed by atoms with E-state index in [1.165, 1.54) is 5.01 Å². The van der Waals surface area contributed by atoms with E-state index in [4.69, 9.17) is 0 Å². The molecule has 0 fully saturated rings. The second kappa shape index (κ2) is 6.61. The Morgan fingerprint density at radius 2 is 2.28 bits per heavy atom. The molecule has 2 aromatic heterocycles. The molecule has 0 aliphatic carbocycles. The first-order chi connectivity index (χ1) is 8.79. The van der Waals surface area contributed by atoms with Gasteiger partial charge in [-0.3, -0.25) is 4.98 Å². The average molecular weight is 261 g/mol. The van der Waals surface area contributed by atoms with E-state index in [9.17, 15) is 0 Å². The Balaban J connectivity index is 2.10. The molecule has 0 spiro atoms. The third kappa shape index (κ3) is 3.62. The number of aromatic nitrogens is 2. The maximum atomic E-state index is 4.53. The second-order valence-corrected chi connectivity index (χ2v) is 5.29. The first-order valence-corrected chi connectivity index (χ1v) is 7.23. The molecule has 0 bridgehead atoms. The molecule has 0 radical (unpaired) electrons. The van der Waals surface area contributed by atoms with Crippen LogP contribution in [0.1, 0.15) is 35.8 Å². The van der Waals surface area contributed by atoms with Crippen LogP contribution >= 0.6 is 11.3 Å². The smallest absolute Gasteiger partial charge is 0.0947 e. The van der Waals surface area contributed by atoms with Gasteiger partial charge in [-0.05, 0) is 32.0 Å². The van der Waals surface area contributed by atoms with Crippen molar-refractivity contribution in [1.82, 2.24) is 15.3 Å². The standard InChI is InChI=1S/C14H19N3S/c1-3-7-15-13(12-6-4-5-8-16-12)9-14-17-11(2)10-18-14/h4-6,8,10,13,15H,3,7,9H2,1-2H3. The molecule has 2 heterocycles. The largest absolute Gasteiger partial charge is 0.308 e. The number of aryl methyl sites for hydroxylation is 1. The lowest BCUT2D eigenvalue weighted by atomic mass is 10.1. The van der Waals surface area contributed by atoms with Crippen LogP contribution in [0.3, 0.4) is 0 Å². The molecular weight excluding hydrogens is 242 g/mol. The van der Waals surface area contributed by atoms with Gasteiger partial charge >= 0.3 is 0 Å². The highest BCUT2D eigenvalue weighted by atomic mass is 32.1. The van der Waals surface area contributed by atoms with Gasteiger partial charge < -0.3 is 5.32 Å². The van der Waals surface area contributed by atoms with Gasteiger partial charge in [-0.15, -0.1) is 11.3 Å². The highest BCUT2D eigenvalue weighted by Crippen LogP contribution is 2.19. The van der Waals surface area contributed by atoms with Crippen molar-refractivity contribution in [2.75, 3.05) is 6.54 Å². The van der Waals surface area contributed by atoms with Crippen LogP contribution in [0.4, 0.5) is 0 Å². The summed E-state index contributed by atoms with van der Waals surface area (Å²) < 4.78 is 0. The minimum Gasteiger partial charge on any atom is -0.308 e. The van der Waals surface area contributed by atoms with Gasteiger partial charge in [-0.1, -0.05) is 13.0 Å². The van der Waals surface area contributed by atoms with Crippen molar-refractivity contribution < 1.29 is 0 Å². The quantitative estimate of drug-likeness (QED) is 0.868. The minimum absolute atomic E-state index is 0.261. The number of thiazole rings is 1. The Hall–Kier alpha value is -1.26. The van der Waals surface area contributed by atoms with Crippen molar-refractivity contribution in [3.8, 4) is 0 Å². The van der Waals surface area contributed by atoms with E-state index in [0.717, 1.165) is 30.8 Å². The molecule has 0 saturated carbocycles. The van der Waals surface area contributed by atoms with E-state index >= 15 is 0 Å². The van der Waals surface area contributed by atoms with Gasteiger partial charge in [0.1, 0.15) is 0 Å². The van der Waals surface area contributed by atoms with Crippen LogP contribution in [0.25, 0.3) is 0 Å². The Morgan fingerprint density at radius 3 is 2.89 bits per heavy atom. The Bertz CT molecular complexity index is 467. The highest BCUT2D eigenvalue weighted by molar-refractivity contribution is 7.09. The van der Waals surface area contributed by atoms with Gasteiger partial charge in [0.2, 0.25) is 0 Å². The summed E-state index contributed by atoms with van der Waals surface area (Å²) in [5.41, 5.74) is 2.20. The summed E-state index contributed by atoms with van der Waals surface area (Å²) in [6.07, 6.45) is 3.89. The molecule has 2 rings (SSSR count). The zero-order valence-corrected chi connectivity index (χ0v) is 11.7. The zero-order valence-electron chi connectivity index (χ0n) is 10.9. The summed E-state index contributed by atoms with van der Waals surface area (Å²) in [4.78, 5) is 8.98. The number of hydrogen-bond acceptors (Lipinski definition) is 4. The topological polar surface area (TPSA) is 37.8 Å². The molecule has 1 unspecified atom stereocenters. The summed E-state index contributed by atoms with van der Waals surface area (Å²) in [6, 6.07) is 6.33. The first-order valence-electron chi connectivity index (χ1n) is 6.35. The molecule has 0 saturated heterocycles. The Labute approximate surface area is 112 Å². The van der Waals surface area contributed by atoms with E-state index in [1.807, 2.05) is 25.3 Å². The van der Waals surface area contributed by atoms with Gasteiger partial charge in [-0.2, -0.15) is 0 Å². The maximum absolute atomic E-state index is 4.53. The predicted octanol–water partition coefficient (Wildman–Crippen LogP) is 3.13. The molecule has 0 aliphatic heterocycles. The Morgan fingerprint density at radius 1 is 1.39 bits per heavy atom. The fraction of sp³-hybridized carbons (Fsp3) is 0.429. The number of nitrogens with zero attached hydrogens (tertiary/aromatic N) is 2. The van der Waals surface area contributed by atoms with E-state index in [-0.39, 0.29) is 6.04 Å². The molecule has 18 heavy (non-hydrogen) atoms. The van der Waals surface area contributed by atoms with Crippen molar-refractivity contribution in [2.45, 2.75) is 32.7 Å². The Kier molecular flexibility index (Phi) is 4.84. The molecule has 1 N–H and O–H groups in total. The summed E-state index contributed by atoms with van der Waals surface area (Å²) in [6.45, 7) is 5.22. The SMILES string of the molecule is CCCNC(Cc1nc(C)cs1)c1ccccn1. The first kappa shape index (κ1) is 13.2. The molecule has 4 heteroatoms. The lowest BCUT2D eigenvalue weighted by Crippen LogP contribution is -2.24.